The van der Waals surface area contributed by atoms with Gasteiger partial charge in [-0.2, -0.15) is 0 Å². The molecule has 8 nitrogen and oxygen atoms in total. The number of aryl methyl sites for hydroxylation is 1. The van der Waals surface area contributed by atoms with Crippen LogP contribution in [0.1, 0.15) is 86.1 Å². The highest BCUT2D eigenvalue weighted by atomic mass is 35.5. The van der Waals surface area contributed by atoms with Gasteiger partial charge in [0.05, 0.1) is 26.6 Å². The average Bonchev–Trinajstić information content (AvgIpc) is 3.56. The molecule has 0 spiro atoms. The van der Waals surface area contributed by atoms with E-state index in [2.05, 4.69) is 39.3 Å². The molecule has 4 aromatic rings. The number of nitrogens with one attached hydrogen (secondary N) is 1. The third-order valence-corrected chi connectivity index (χ3v) is 13.7. The SMILES string of the molecule is CCCNS(=O)(=O)c1ccc(Cl)c(C(=O)N2CCC(CCN3[C@@H]4CC[C@H]3C[C@@H](n3c(C)nc5ccccc53)C4)(c3cccc(F)c3)CC2)c1Cl. The molecule has 0 radical (unpaired) electrons. The van der Waals surface area contributed by atoms with Gasteiger partial charge in [0.15, 0.2) is 0 Å². The van der Waals surface area contributed by atoms with Gasteiger partial charge in [-0.05, 0) is 112 Å². The molecule has 0 unspecified atom stereocenters. The summed E-state index contributed by atoms with van der Waals surface area (Å²) < 4.78 is 45.5. The van der Waals surface area contributed by atoms with Crippen LogP contribution in [0.5, 0.6) is 0 Å². The first kappa shape index (κ1) is 35.4. The number of amides is 1. The summed E-state index contributed by atoms with van der Waals surface area (Å²) in [5.41, 5.74) is 2.88. The van der Waals surface area contributed by atoms with Gasteiger partial charge < -0.3 is 9.47 Å². The number of sulfonamides is 1. The molecule has 1 amide bonds. The second kappa shape index (κ2) is 14.2. The van der Waals surface area contributed by atoms with Crippen molar-refractivity contribution in [2.24, 2.45) is 0 Å². The Morgan fingerprint density at radius 2 is 1.72 bits per heavy atom. The quantitative estimate of drug-likeness (QED) is 0.179. The second-order valence-electron chi connectivity index (χ2n) is 14.2. The van der Waals surface area contributed by atoms with E-state index < -0.39 is 15.9 Å². The zero-order valence-electron chi connectivity index (χ0n) is 28.5. The largest absolute Gasteiger partial charge is 0.338 e. The fourth-order valence-corrected chi connectivity index (χ4v) is 10.9. The Morgan fingerprint density at radius 1 is 1.00 bits per heavy atom. The number of aromatic nitrogens is 2. The smallest absolute Gasteiger partial charge is 0.256 e. The van der Waals surface area contributed by atoms with Crippen molar-refractivity contribution >= 4 is 50.2 Å². The summed E-state index contributed by atoms with van der Waals surface area (Å²) in [5, 5.41) is -0.0694. The van der Waals surface area contributed by atoms with Gasteiger partial charge in [0.1, 0.15) is 16.5 Å². The topological polar surface area (TPSA) is 87.5 Å². The number of imidazole rings is 1. The van der Waals surface area contributed by atoms with Crippen LogP contribution in [0.2, 0.25) is 10.0 Å². The summed E-state index contributed by atoms with van der Waals surface area (Å²) in [6, 6.07) is 19.4. The molecule has 3 saturated heterocycles. The number of benzene rings is 3. The maximum Gasteiger partial charge on any atom is 0.256 e. The number of fused-ring (bicyclic) bond motifs is 3. The summed E-state index contributed by atoms with van der Waals surface area (Å²) in [4.78, 5) is 23.0. The molecule has 0 aliphatic carbocycles. The van der Waals surface area contributed by atoms with Crippen LogP contribution in [0.3, 0.4) is 0 Å². The Labute approximate surface area is 304 Å². The zero-order valence-corrected chi connectivity index (χ0v) is 30.9. The lowest BCUT2D eigenvalue weighted by molar-refractivity contribution is 0.0606. The third kappa shape index (κ3) is 6.58. The molecule has 3 atom stereocenters. The summed E-state index contributed by atoms with van der Waals surface area (Å²) in [6.07, 6.45) is 7.24. The van der Waals surface area contributed by atoms with Crippen LogP contribution in [0.4, 0.5) is 4.39 Å². The lowest BCUT2D eigenvalue weighted by atomic mass is 9.70. The maximum atomic E-state index is 14.7. The minimum absolute atomic E-state index is 0.00804. The van der Waals surface area contributed by atoms with Gasteiger partial charge in [-0.15, -0.1) is 0 Å². The standard InChI is InChI=1S/C38H44Cl2FN5O3S/c1-3-18-42-50(48,49)34-14-13-31(39)35(36(34)40)37(47)44-19-15-38(16-20-44,26-7-6-8-27(41)22-26)17-21-45-28-11-12-29(45)24-30(23-28)46-25(2)43-32-9-4-5-10-33(32)46/h4-10,13-14,22,28-30,42H,3,11-12,15-21,23-24H2,1-2H3/t28-,29+,30+. The molecule has 266 valence electrons. The number of piperidine rings is 2. The summed E-state index contributed by atoms with van der Waals surface area (Å²) >= 11 is 13.1. The van der Waals surface area contributed by atoms with Crippen molar-refractivity contribution in [3.63, 3.8) is 0 Å². The van der Waals surface area contributed by atoms with E-state index in [1.807, 2.05) is 19.1 Å². The number of nitrogens with zero attached hydrogens (tertiary/aromatic N) is 4. The van der Waals surface area contributed by atoms with E-state index in [4.69, 9.17) is 28.2 Å². The molecule has 4 heterocycles. The van der Waals surface area contributed by atoms with Crippen LogP contribution in [-0.4, -0.2) is 71.9 Å². The summed E-state index contributed by atoms with van der Waals surface area (Å²) in [6.45, 7) is 5.94. The lowest BCUT2D eigenvalue weighted by Crippen LogP contribution is -2.49. The first-order valence-electron chi connectivity index (χ1n) is 17.7. The molecular weight excluding hydrogens is 696 g/mol. The van der Waals surface area contributed by atoms with Gasteiger partial charge in [0.25, 0.3) is 5.91 Å². The fraction of sp³-hybridized carbons (Fsp3) is 0.474. The van der Waals surface area contributed by atoms with Gasteiger partial charge >= 0.3 is 0 Å². The van der Waals surface area contributed by atoms with E-state index in [0.29, 0.717) is 50.5 Å². The first-order valence-corrected chi connectivity index (χ1v) is 20.0. The maximum absolute atomic E-state index is 14.7. The van der Waals surface area contributed by atoms with Gasteiger partial charge in [-0.1, -0.05) is 54.4 Å². The lowest BCUT2D eigenvalue weighted by Gasteiger charge is -2.45. The molecule has 3 fully saturated rings. The average molecular weight is 741 g/mol. The highest BCUT2D eigenvalue weighted by molar-refractivity contribution is 7.89. The molecule has 3 aliphatic rings. The Hall–Kier alpha value is -3.02. The molecule has 1 N–H and O–H groups in total. The number of likely N-dealkylation sites (tertiary alicyclic amines) is 1. The Bertz CT molecular complexity index is 2000. The van der Waals surface area contributed by atoms with Crippen LogP contribution < -0.4 is 4.72 Å². The fourth-order valence-electron chi connectivity index (χ4n) is 8.84. The monoisotopic (exact) mass is 739 g/mol. The third-order valence-electron chi connectivity index (χ3n) is 11.4. The minimum atomic E-state index is -3.92. The molecule has 7 rings (SSSR count). The molecule has 1 aromatic heterocycles. The van der Waals surface area contributed by atoms with Crippen LogP contribution >= 0.6 is 23.2 Å². The number of halogens is 3. The zero-order chi connectivity index (χ0) is 35.2. The summed E-state index contributed by atoms with van der Waals surface area (Å²) in [5.74, 6) is 0.403. The number of carbonyl (C=O) groups is 1. The molecule has 0 saturated carbocycles. The molecule has 50 heavy (non-hydrogen) atoms. The van der Waals surface area contributed by atoms with Crippen molar-refractivity contribution in [1.29, 1.82) is 0 Å². The Morgan fingerprint density at radius 3 is 2.42 bits per heavy atom. The number of para-hydroxylation sites is 2. The van der Waals surface area contributed by atoms with Crippen molar-refractivity contribution in [3.05, 3.63) is 93.5 Å². The van der Waals surface area contributed by atoms with Crippen molar-refractivity contribution < 1.29 is 17.6 Å². The predicted octanol–water partition coefficient (Wildman–Crippen LogP) is 7.91. The molecule has 3 aliphatic heterocycles. The van der Waals surface area contributed by atoms with E-state index in [1.54, 1.807) is 17.0 Å². The van der Waals surface area contributed by atoms with Gasteiger partial charge in [0.2, 0.25) is 10.0 Å². The van der Waals surface area contributed by atoms with E-state index in [9.17, 15) is 17.6 Å². The highest BCUT2D eigenvalue weighted by Gasteiger charge is 2.44. The van der Waals surface area contributed by atoms with Crippen molar-refractivity contribution in [3.8, 4) is 0 Å². The predicted molar refractivity (Wildman–Crippen MR) is 196 cm³/mol. The van der Waals surface area contributed by atoms with E-state index in [0.717, 1.165) is 42.7 Å². The number of rotatable bonds is 10. The summed E-state index contributed by atoms with van der Waals surface area (Å²) in [7, 11) is -3.92. The van der Waals surface area contributed by atoms with Crippen LogP contribution in [0.15, 0.2) is 65.6 Å². The second-order valence-corrected chi connectivity index (χ2v) is 16.8. The minimum Gasteiger partial charge on any atom is -0.338 e. The van der Waals surface area contributed by atoms with Gasteiger partial charge in [0, 0.05) is 37.8 Å². The van der Waals surface area contributed by atoms with Crippen LogP contribution in [-0.2, 0) is 15.4 Å². The molecular formula is C38H44Cl2FN5O3S. The van der Waals surface area contributed by atoms with Crippen molar-refractivity contribution in [2.45, 2.75) is 93.7 Å². The Balaban J connectivity index is 1.08. The van der Waals surface area contributed by atoms with Crippen LogP contribution in [0, 0.1) is 12.7 Å². The van der Waals surface area contributed by atoms with Gasteiger partial charge in [-0.25, -0.2) is 22.5 Å². The normalized spacial score (nSPS) is 22.3. The van der Waals surface area contributed by atoms with E-state index in [-0.39, 0.29) is 38.3 Å². The van der Waals surface area contributed by atoms with Crippen molar-refractivity contribution in [1.82, 2.24) is 24.1 Å². The highest BCUT2D eigenvalue weighted by Crippen LogP contribution is 2.45. The number of carbonyl (C=O) groups excluding carboxylic acids is 1. The van der Waals surface area contributed by atoms with Gasteiger partial charge in [-0.3, -0.25) is 9.69 Å². The Kier molecular flexibility index (Phi) is 10.0. The number of hydrogen-bond acceptors (Lipinski definition) is 5. The molecule has 2 bridgehead atoms. The van der Waals surface area contributed by atoms with E-state index in [1.165, 1.54) is 36.6 Å². The molecule has 3 aromatic carbocycles. The number of hydrogen-bond donors (Lipinski definition) is 1. The van der Waals surface area contributed by atoms with Crippen LogP contribution in [0.25, 0.3) is 11.0 Å². The molecule has 12 heteroatoms. The van der Waals surface area contributed by atoms with E-state index >= 15 is 0 Å². The first-order chi connectivity index (χ1) is 24.0. The van der Waals surface area contributed by atoms with Crippen molar-refractivity contribution in [2.75, 3.05) is 26.2 Å².